The van der Waals surface area contributed by atoms with Gasteiger partial charge in [0, 0.05) is 16.8 Å². The van der Waals surface area contributed by atoms with Gasteiger partial charge in [-0.15, -0.1) is 21.5 Å². The van der Waals surface area contributed by atoms with Crippen molar-refractivity contribution in [3.8, 4) is 5.69 Å². The average Bonchev–Trinajstić information content (AvgIpc) is 3.25. The van der Waals surface area contributed by atoms with Crippen molar-refractivity contribution >= 4 is 39.7 Å². The summed E-state index contributed by atoms with van der Waals surface area (Å²) in [5, 5.41) is 12.5. The minimum absolute atomic E-state index is 0.560. The summed E-state index contributed by atoms with van der Waals surface area (Å²) in [5.74, 6) is 0. The number of halogens is 1. The number of thiazole rings is 1. The number of aryl methyl sites for hydroxylation is 1. The molecular weight excluding hydrogens is 354 g/mol. The fourth-order valence-corrected chi connectivity index (χ4v) is 3.48. The first-order chi connectivity index (χ1) is 12.2. The van der Waals surface area contributed by atoms with Gasteiger partial charge in [0.05, 0.1) is 12.2 Å². The Kier molecular flexibility index (Phi) is 4.38. The summed E-state index contributed by atoms with van der Waals surface area (Å²) in [6.07, 6.45) is 2.81. The highest BCUT2D eigenvalue weighted by atomic mass is 35.5. The van der Waals surface area contributed by atoms with Gasteiger partial charge in [-0.2, -0.15) is 4.80 Å². The zero-order valence-electron chi connectivity index (χ0n) is 13.6. The molecule has 25 heavy (non-hydrogen) atoms. The zero-order chi connectivity index (χ0) is 17.2. The first-order valence-corrected chi connectivity index (χ1v) is 9.21. The van der Waals surface area contributed by atoms with Gasteiger partial charge < -0.3 is 5.32 Å². The summed E-state index contributed by atoms with van der Waals surface area (Å²) in [6.45, 7) is 2.83. The highest BCUT2D eigenvalue weighted by Gasteiger charge is 2.06. The molecule has 0 fully saturated rings. The van der Waals surface area contributed by atoms with E-state index >= 15 is 0 Å². The van der Waals surface area contributed by atoms with Crippen molar-refractivity contribution in [3.63, 3.8) is 0 Å². The number of nitrogens with zero attached hydrogens (tertiary/aromatic N) is 4. The van der Waals surface area contributed by atoms with E-state index in [-0.39, 0.29) is 0 Å². The zero-order valence-corrected chi connectivity index (χ0v) is 15.2. The summed E-state index contributed by atoms with van der Waals surface area (Å²) in [5.41, 5.74) is 4.97. The van der Waals surface area contributed by atoms with Crippen LogP contribution >= 0.6 is 22.9 Å². The second-order valence-electron chi connectivity index (χ2n) is 5.65. The smallest absolute Gasteiger partial charge is 0.183 e. The van der Waals surface area contributed by atoms with Crippen LogP contribution < -0.4 is 5.32 Å². The number of fused-ring (bicyclic) bond motifs is 1. The Morgan fingerprint density at radius 1 is 1.08 bits per heavy atom. The predicted molar refractivity (Wildman–Crippen MR) is 103 cm³/mol. The van der Waals surface area contributed by atoms with Crippen molar-refractivity contribution in [3.05, 3.63) is 63.6 Å². The Labute approximate surface area is 154 Å². The molecule has 0 unspecified atom stereocenters. The van der Waals surface area contributed by atoms with Gasteiger partial charge in [-0.25, -0.2) is 4.98 Å². The third-order valence-electron chi connectivity index (χ3n) is 3.95. The van der Waals surface area contributed by atoms with Gasteiger partial charge in [0.25, 0.3) is 0 Å². The second kappa shape index (κ2) is 6.82. The number of nitrogens with one attached hydrogen (secondary N) is 1. The van der Waals surface area contributed by atoms with Crippen molar-refractivity contribution in [2.75, 3.05) is 5.32 Å². The van der Waals surface area contributed by atoms with Crippen molar-refractivity contribution in [1.82, 2.24) is 20.0 Å². The maximum atomic E-state index is 5.86. The van der Waals surface area contributed by atoms with Crippen LogP contribution in [0.25, 0.3) is 16.7 Å². The van der Waals surface area contributed by atoms with E-state index in [0.29, 0.717) is 11.0 Å². The molecule has 0 spiro atoms. The molecule has 2 aromatic heterocycles. The van der Waals surface area contributed by atoms with Crippen LogP contribution in [0, 0.1) is 0 Å². The lowest BCUT2D eigenvalue weighted by atomic mass is 10.2. The van der Waals surface area contributed by atoms with Crippen LogP contribution in [0.5, 0.6) is 0 Å². The van der Waals surface area contributed by atoms with Gasteiger partial charge in [0.1, 0.15) is 11.0 Å². The summed E-state index contributed by atoms with van der Waals surface area (Å²) in [6, 6.07) is 14.3. The summed E-state index contributed by atoms with van der Waals surface area (Å²) in [4.78, 5) is 6.81. The molecule has 2 heterocycles. The fraction of sp³-hybridized carbons (Fsp3) is 0.167. The fourth-order valence-electron chi connectivity index (χ4n) is 2.56. The van der Waals surface area contributed by atoms with Crippen molar-refractivity contribution in [2.45, 2.75) is 19.9 Å². The van der Waals surface area contributed by atoms with Gasteiger partial charge in [-0.1, -0.05) is 30.7 Å². The van der Waals surface area contributed by atoms with E-state index in [9.17, 15) is 0 Å². The van der Waals surface area contributed by atoms with Gasteiger partial charge >= 0.3 is 0 Å². The monoisotopic (exact) mass is 369 g/mol. The molecule has 2 aromatic carbocycles. The molecule has 4 rings (SSSR count). The van der Waals surface area contributed by atoms with Crippen molar-refractivity contribution in [2.24, 2.45) is 0 Å². The quantitative estimate of drug-likeness (QED) is 0.553. The molecule has 5 nitrogen and oxygen atoms in total. The van der Waals surface area contributed by atoms with Gasteiger partial charge in [-0.05, 0) is 42.3 Å². The molecule has 0 aliphatic carbocycles. The minimum Gasteiger partial charge on any atom is -0.380 e. The predicted octanol–water partition coefficient (Wildman–Crippen LogP) is 4.70. The van der Waals surface area contributed by atoms with Crippen molar-refractivity contribution < 1.29 is 0 Å². The van der Waals surface area contributed by atoms with Crippen molar-refractivity contribution in [1.29, 1.82) is 0 Å². The summed E-state index contributed by atoms with van der Waals surface area (Å²) >= 11 is 7.33. The highest BCUT2D eigenvalue weighted by molar-refractivity contribution is 7.15. The van der Waals surface area contributed by atoms with E-state index < -0.39 is 0 Å². The van der Waals surface area contributed by atoms with E-state index in [0.717, 1.165) is 33.7 Å². The molecule has 0 saturated carbocycles. The van der Waals surface area contributed by atoms with Crippen LogP contribution in [0.3, 0.4) is 0 Å². The van der Waals surface area contributed by atoms with E-state index in [1.165, 1.54) is 16.9 Å². The maximum absolute atomic E-state index is 5.86. The number of benzene rings is 2. The molecule has 0 atom stereocenters. The third-order valence-corrected chi connectivity index (χ3v) is 5.06. The molecule has 0 saturated heterocycles. The molecule has 0 radical (unpaired) electrons. The average molecular weight is 370 g/mol. The van der Waals surface area contributed by atoms with Crippen LogP contribution in [0.15, 0.2) is 48.7 Å². The Morgan fingerprint density at radius 3 is 2.60 bits per heavy atom. The molecule has 7 heteroatoms. The van der Waals surface area contributed by atoms with Crippen LogP contribution in [0.1, 0.15) is 17.4 Å². The molecular formula is C18H16ClN5S. The van der Waals surface area contributed by atoms with Crippen LogP contribution in [-0.2, 0) is 13.0 Å². The Balaban J connectivity index is 1.56. The van der Waals surface area contributed by atoms with E-state index in [4.69, 9.17) is 11.6 Å². The second-order valence-corrected chi connectivity index (χ2v) is 7.34. The van der Waals surface area contributed by atoms with E-state index in [1.54, 1.807) is 11.0 Å². The topological polar surface area (TPSA) is 55.6 Å². The maximum Gasteiger partial charge on any atom is 0.183 e. The van der Waals surface area contributed by atoms with E-state index in [2.05, 4.69) is 39.6 Å². The number of rotatable bonds is 5. The van der Waals surface area contributed by atoms with Gasteiger partial charge in [0.15, 0.2) is 4.47 Å². The number of hydrogen-bond acceptors (Lipinski definition) is 5. The lowest BCUT2D eigenvalue weighted by Gasteiger charge is -2.03. The van der Waals surface area contributed by atoms with Gasteiger partial charge in [0.2, 0.25) is 0 Å². The van der Waals surface area contributed by atoms with E-state index in [1.807, 2.05) is 30.3 Å². The van der Waals surface area contributed by atoms with Crippen LogP contribution in [-0.4, -0.2) is 20.0 Å². The Bertz CT molecular complexity index is 1010. The molecule has 0 aliphatic heterocycles. The largest absolute Gasteiger partial charge is 0.380 e. The number of anilines is 1. The first-order valence-electron chi connectivity index (χ1n) is 8.02. The van der Waals surface area contributed by atoms with Gasteiger partial charge in [-0.3, -0.25) is 0 Å². The van der Waals surface area contributed by atoms with Crippen LogP contribution in [0.2, 0.25) is 4.47 Å². The molecule has 1 N–H and O–H groups in total. The highest BCUT2D eigenvalue weighted by Crippen LogP contribution is 2.21. The number of hydrogen-bond donors (Lipinski definition) is 1. The third kappa shape index (κ3) is 3.50. The molecule has 0 amide bonds. The van der Waals surface area contributed by atoms with Crippen LogP contribution in [0.4, 0.5) is 5.69 Å². The summed E-state index contributed by atoms with van der Waals surface area (Å²) < 4.78 is 0.560. The lowest BCUT2D eigenvalue weighted by Crippen LogP contribution is -1.98. The molecule has 0 bridgehead atoms. The molecule has 4 aromatic rings. The lowest BCUT2D eigenvalue weighted by molar-refractivity contribution is 0.765. The first kappa shape index (κ1) is 16.1. The molecule has 0 aliphatic rings. The SMILES string of the molecule is CCc1ccc(-n2nc3ccc(NCc4cnc(Cl)s4)cc3n2)cc1. The summed E-state index contributed by atoms with van der Waals surface area (Å²) in [7, 11) is 0. The standard InChI is InChI=1S/C18H16ClN5S/c1-2-12-3-6-14(7-4-12)24-22-16-8-5-13(9-17(16)23-24)20-10-15-11-21-18(19)25-15/h3-9,11,20H,2,10H2,1H3. The molecule has 126 valence electrons. The Hall–Kier alpha value is -2.44. The number of aromatic nitrogens is 4. The minimum atomic E-state index is 0.560. The Morgan fingerprint density at radius 2 is 1.88 bits per heavy atom. The normalized spacial score (nSPS) is 11.1.